The molecule has 0 aromatic heterocycles. The van der Waals surface area contributed by atoms with E-state index in [0.717, 1.165) is 37.6 Å². The average Bonchev–Trinajstić information content (AvgIpc) is 2.84. The molecule has 0 aliphatic carbocycles. The molecule has 0 amide bonds. The molecule has 0 radical (unpaired) electrons. The Hall–Kier alpha value is -1.42. The van der Waals surface area contributed by atoms with Crippen molar-refractivity contribution in [3.8, 4) is 5.75 Å². The first-order chi connectivity index (χ1) is 8.31. The lowest BCUT2D eigenvalue weighted by Crippen LogP contribution is -2.10. The van der Waals surface area contributed by atoms with Gasteiger partial charge < -0.3 is 20.5 Å². The van der Waals surface area contributed by atoms with E-state index < -0.39 is 0 Å². The molecular weight excluding hydrogens is 216 g/mol. The minimum absolute atomic E-state index is 0.678. The molecule has 1 fully saturated rings. The fraction of sp³-hybridized carbons (Fsp3) is 0.538. The molecule has 0 saturated carbocycles. The minimum atomic E-state index is 0.678. The highest BCUT2D eigenvalue weighted by Crippen LogP contribution is 2.29. The van der Waals surface area contributed by atoms with Gasteiger partial charge in [-0.15, -0.1) is 0 Å². The molecule has 2 rings (SSSR count). The molecular formula is C13H20N2O2. The number of benzene rings is 1. The van der Waals surface area contributed by atoms with Crippen molar-refractivity contribution in [2.75, 3.05) is 37.9 Å². The van der Waals surface area contributed by atoms with Gasteiger partial charge in [0.15, 0.2) is 0 Å². The van der Waals surface area contributed by atoms with Crippen LogP contribution in [0.3, 0.4) is 0 Å². The van der Waals surface area contributed by atoms with Crippen LogP contribution in [0, 0.1) is 5.92 Å². The van der Waals surface area contributed by atoms with Gasteiger partial charge in [0.05, 0.1) is 18.5 Å². The number of nitrogen functional groups attached to an aromatic ring is 1. The molecule has 94 valence electrons. The highest BCUT2D eigenvalue weighted by Gasteiger charge is 2.15. The van der Waals surface area contributed by atoms with Crippen molar-refractivity contribution < 1.29 is 9.47 Å². The number of hydrogen-bond acceptors (Lipinski definition) is 4. The maximum absolute atomic E-state index is 5.98. The molecule has 4 nitrogen and oxygen atoms in total. The van der Waals surface area contributed by atoms with Crippen molar-refractivity contribution in [2.45, 2.75) is 12.8 Å². The summed E-state index contributed by atoms with van der Waals surface area (Å²) in [5.41, 5.74) is 7.60. The van der Waals surface area contributed by atoms with Crippen molar-refractivity contribution in [1.29, 1.82) is 0 Å². The number of hydrogen-bond donors (Lipinski definition) is 2. The maximum Gasteiger partial charge on any atom is 0.143 e. The molecule has 17 heavy (non-hydrogen) atoms. The van der Waals surface area contributed by atoms with Gasteiger partial charge in [-0.2, -0.15) is 0 Å². The number of nitrogens with one attached hydrogen (secondary N) is 1. The lowest BCUT2D eigenvalue weighted by atomic mass is 10.1. The van der Waals surface area contributed by atoms with Gasteiger partial charge in [0.25, 0.3) is 0 Å². The van der Waals surface area contributed by atoms with Gasteiger partial charge in [-0.3, -0.25) is 0 Å². The average molecular weight is 236 g/mol. The Morgan fingerprint density at radius 1 is 1.53 bits per heavy atom. The standard InChI is InChI=1S/C13H20N2O2/c1-16-12-4-2-3-11(13(12)14)15-7-5-10-6-8-17-9-10/h2-4,10,15H,5-9,14H2,1H3. The number of rotatable bonds is 5. The molecule has 1 saturated heterocycles. The third-order valence-electron chi connectivity index (χ3n) is 3.18. The Kier molecular flexibility index (Phi) is 4.09. The van der Waals surface area contributed by atoms with Crippen molar-refractivity contribution in [3.63, 3.8) is 0 Å². The van der Waals surface area contributed by atoms with Gasteiger partial charge in [-0.05, 0) is 30.9 Å². The summed E-state index contributed by atoms with van der Waals surface area (Å²) < 4.78 is 10.5. The molecule has 1 aliphatic heterocycles. The summed E-state index contributed by atoms with van der Waals surface area (Å²) in [6.45, 7) is 2.73. The zero-order chi connectivity index (χ0) is 12.1. The minimum Gasteiger partial charge on any atom is -0.495 e. The Morgan fingerprint density at radius 3 is 3.12 bits per heavy atom. The molecule has 1 heterocycles. The quantitative estimate of drug-likeness (QED) is 0.769. The SMILES string of the molecule is COc1cccc(NCCC2CCOC2)c1N. The predicted molar refractivity (Wildman–Crippen MR) is 69.4 cm³/mol. The van der Waals surface area contributed by atoms with Gasteiger partial charge in [0.2, 0.25) is 0 Å². The van der Waals surface area contributed by atoms with Gasteiger partial charge >= 0.3 is 0 Å². The summed E-state index contributed by atoms with van der Waals surface area (Å²) in [5.74, 6) is 1.41. The molecule has 4 heteroatoms. The summed E-state index contributed by atoms with van der Waals surface area (Å²) >= 11 is 0. The van der Waals surface area contributed by atoms with Crippen LogP contribution in [0.5, 0.6) is 5.75 Å². The lowest BCUT2D eigenvalue weighted by Gasteiger charge is -2.13. The lowest BCUT2D eigenvalue weighted by molar-refractivity contribution is 0.185. The Bertz CT molecular complexity index is 362. The van der Waals surface area contributed by atoms with Crippen molar-refractivity contribution in [1.82, 2.24) is 0 Å². The Morgan fingerprint density at radius 2 is 2.41 bits per heavy atom. The second-order valence-corrected chi connectivity index (χ2v) is 4.37. The normalized spacial score (nSPS) is 19.2. The van der Waals surface area contributed by atoms with Crippen LogP contribution in [-0.4, -0.2) is 26.9 Å². The van der Waals surface area contributed by atoms with Crippen LogP contribution >= 0.6 is 0 Å². The zero-order valence-corrected chi connectivity index (χ0v) is 10.2. The van der Waals surface area contributed by atoms with E-state index in [-0.39, 0.29) is 0 Å². The molecule has 1 atom stereocenters. The Balaban J connectivity index is 1.85. The molecule has 1 aromatic carbocycles. The van der Waals surface area contributed by atoms with E-state index in [0.29, 0.717) is 11.6 Å². The van der Waals surface area contributed by atoms with E-state index in [1.807, 2.05) is 18.2 Å². The van der Waals surface area contributed by atoms with E-state index in [1.54, 1.807) is 7.11 Å². The van der Waals surface area contributed by atoms with Gasteiger partial charge in [-0.1, -0.05) is 6.07 Å². The topological polar surface area (TPSA) is 56.5 Å². The monoisotopic (exact) mass is 236 g/mol. The predicted octanol–water partition coefficient (Wildman–Crippen LogP) is 2.12. The summed E-state index contributed by atoms with van der Waals surface area (Å²) in [6.07, 6.45) is 2.30. The number of ether oxygens (including phenoxy) is 2. The highest BCUT2D eigenvalue weighted by molar-refractivity contribution is 5.72. The Labute approximate surface area is 102 Å². The third-order valence-corrected chi connectivity index (χ3v) is 3.18. The maximum atomic E-state index is 5.98. The van der Waals surface area contributed by atoms with Crippen LogP contribution in [0.15, 0.2) is 18.2 Å². The van der Waals surface area contributed by atoms with Crippen LogP contribution in [-0.2, 0) is 4.74 Å². The van der Waals surface area contributed by atoms with Crippen LogP contribution in [0.2, 0.25) is 0 Å². The van der Waals surface area contributed by atoms with E-state index >= 15 is 0 Å². The number of nitrogens with two attached hydrogens (primary N) is 1. The highest BCUT2D eigenvalue weighted by atomic mass is 16.5. The summed E-state index contributed by atoms with van der Waals surface area (Å²) in [4.78, 5) is 0. The molecule has 1 unspecified atom stereocenters. The van der Waals surface area contributed by atoms with Crippen LogP contribution in [0.4, 0.5) is 11.4 Å². The summed E-state index contributed by atoms with van der Waals surface area (Å²) in [7, 11) is 1.63. The first kappa shape index (κ1) is 12.0. The van der Waals surface area contributed by atoms with Gasteiger partial charge in [0.1, 0.15) is 5.75 Å². The van der Waals surface area contributed by atoms with Crippen molar-refractivity contribution >= 4 is 11.4 Å². The summed E-state index contributed by atoms with van der Waals surface area (Å²) in [5, 5.41) is 3.35. The number of anilines is 2. The third kappa shape index (κ3) is 3.03. The first-order valence-electron chi connectivity index (χ1n) is 6.05. The van der Waals surface area contributed by atoms with E-state index in [2.05, 4.69) is 5.32 Å². The second kappa shape index (κ2) is 5.77. The second-order valence-electron chi connectivity index (χ2n) is 4.37. The van der Waals surface area contributed by atoms with E-state index in [4.69, 9.17) is 15.2 Å². The number of para-hydroxylation sites is 1. The van der Waals surface area contributed by atoms with E-state index in [1.165, 1.54) is 6.42 Å². The first-order valence-corrected chi connectivity index (χ1v) is 6.05. The fourth-order valence-corrected chi connectivity index (χ4v) is 2.10. The van der Waals surface area contributed by atoms with Crippen LogP contribution in [0.1, 0.15) is 12.8 Å². The van der Waals surface area contributed by atoms with Gasteiger partial charge in [0, 0.05) is 19.8 Å². The molecule has 0 bridgehead atoms. The molecule has 3 N–H and O–H groups in total. The largest absolute Gasteiger partial charge is 0.495 e. The van der Waals surface area contributed by atoms with Crippen molar-refractivity contribution in [3.05, 3.63) is 18.2 Å². The van der Waals surface area contributed by atoms with E-state index in [9.17, 15) is 0 Å². The molecule has 0 spiro atoms. The fourth-order valence-electron chi connectivity index (χ4n) is 2.10. The smallest absolute Gasteiger partial charge is 0.143 e. The molecule has 1 aromatic rings. The van der Waals surface area contributed by atoms with Crippen LogP contribution in [0.25, 0.3) is 0 Å². The van der Waals surface area contributed by atoms with Crippen LogP contribution < -0.4 is 15.8 Å². The summed E-state index contributed by atoms with van der Waals surface area (Å²) in [6, 6.07) is 5.78. The zero-order valence-electron chi connectivity index (χ0n) is 10.2. The molecule has 1 aliphatic rings. The van der Waals surface area contributed by atoms with Gasteiger partial charge in [-0.25, -0.2) is 0 Å². The number of methoxy groups -OCH3 is 1. The van der Waals surface area contributed by atoms with Crippen molar-refractivity contribution in [2.24, 2.45) is 5.92 Å².